The second kappa shape index (κ2) is 33.4. The SMILES string of the molecule is C1=CCCC(C2=CC=C(c3c4cc5ccccc5cc4c(-c4ccc(-c5ccccc5)cc4)c4cc5ccccc5cc34)CC2)=C1.CCc1cccc(CC)c1-c1c2cc3ccccc3cc2c(-c2c(CC)cccc2CC)c2cc3ccccc3cc12.Cc1cccc(C)c1-c1c2cc3ccccc3cc2c(-c2c(C)cccc2C)c2cc3ccccc3cc12. The number of aryl methyl sites for hydroxylation is 8. The van der Waals surface area contributed by atoms with Gasteiger partial charge in [-0.15, -0.1) is 0 Å². The second-order valence-corrected chi connectivity index (χ2v) is 35.1. The van der Waals surface area contributed by atoms with Crippen LogP contribution in [0.5, 0.6) is 0 Å². The van der Waals surface area contributed by atoms with Crippen molar-refractivity contribution in [3.63, 3.8) is 0 Å². The van der Waals surface area contributed by atoms with Gasteiger partial charge in [-0.1, -0.05) is 331 Å². The zero-order valence-corrected chi connectivity index (χ0v) is 73.5. The van der Waals surface area contributed by atoms with Crippen molar-refractivity contribution in [3.8, 4) is 66.8 Å². The van der Waals surface area contributed by atoms with Crippen LogP contribution < -0.4 is 0 Å². The van der Waals surface area contributed by atoms with E-state index in [0.717, 1.165) is 51.4 Å². The maximum absolute atomic E-state index is 2.48. The Bertz CT molecular complexity index is 7450. The van der Waals surface area contributed by atoms with E-state index in [9.17, 15) is 0 Å². The number of benzene rings is 21. The fourth-order valence-corrected chi connectivity index (χ4v) is 21.5. The van der Waals surface area contributed by atoms with E-state index < -0.39 is 0 Å². The average molecular weight is 1620 g/mol. The summed E-state index contributed by atoms with van der Waals surface area (Å²) < 4.78 is 0. The van der Waals surface area contributed by atoms with Crippen molar-refractivity contribution in [2.75, 3.05) is 0 Å². The van der Waals surface area contributed by atoms with Gasteiger partial charge in [0.05, 0.1) is 0 Å². The smallest absolute Gasteiger partial charge is 0.00204 e. The quantitative estimate of drug-likeness (QED) is 0.107. The molecule has 126 heavy (non-hydrogen) atoms. The summed E-state index contributed by atoms with van der Waals surface area (Å²) >= 11 is 0. The second-order valence-electron chi connectivity index (χ2n) is 35.1. The van der Waals surface area contributed by atoms with Crippen molar-refractivity contribution in [2.45, 2.75) is 107 Å². The van der Waals surface area contributed by atoms with Crippen LogP contribution in [0.2, 0.25) is 0 Å². The lowest BCUT2D eigenvalue weighted by Gasteiger charge is -2.24. The van der Waals surface area contributed by atoms with Gasteiger partial charge in [0.15, 0.2) is 0 Å². The highest BCUT2D eigenvalue weighted by Crippen LogP contribution is 2.54. The Labute approximate surface area is 740 Å². The number of allylic oxidation sites excluding steroid dienone is 8. The van der Waals surface area contributed by atoms with Crippen LogP contribution >= 0.6 is 0 Å². The Morgan fingerprint density at radius 2 is 0.421 bits per heavy atom. The van der Waals surface area contributed by atoms with Crippen molar-refractivity contribution in [2.24, 2.45) is 0 Å². The molecular weight excluding hydrogens is 1510 g/mol. The van der Waals surface area contributed by atoms with E-state index in [1.807, 2.05) is 0 Å². The minimum atomic E-state index is 1.01. The van der Waals surface area contributed by atoms with Gasteiger partial charge >= 0.3 is 0 Å². The van der Waals surface area contributed by atoms with Crippen LogP contribution in [0.15, 0.2) is 387 Å². The lowest BCUT2D eigenvalue weighted by Crippen LogP contribution is -2.00. The maximum atomic E-state index is 2.48. The molecule has 0 heteroatoms. The molecule has 0 radical (unpaired) electrons. The molecule has 606 valence electrons. The van der Waals surface area contributed by atoms with Gasteiger partial charge < -0.3 is 0 Å². The molecule has 0 aliphatic heterocycles. The van der Waals surface area contributed by atoms with E-state index in [1.54, 1.807) is 0 Å². The van der Waals surface area contributed by atoms with Crippen LogP contribution in [0.1, 0.15) is 103 Å². The molecule has 2 aliphatic rings. The standard InChI is InChI=1S/C46H34.C42H38.C38H30/c1-3-11-31(12-4-1)33-19-23-35(24-20-33)45-41-27-37-15-7-9-17-39(37)29-43(41)46(44-30-40-18-10-8-16-38(40)28-42(44)45)36-25-21-34(22-26-36)32-13-5-2-6-14-32;1-5-27-19-13-20-28(6-2)39(27)41-35-23-31-15-9-11-17-33(31)25-37(35)42(40-29(7-3)21-14-22-30(40)8-4)38-26-34-18-12-10-16-32(34)24-36(38)41;1-23-11-9-12-24(2)35(23)37-31-19-27-15-5-7-17-29(27)21-33(31)38(36-25(3)13-10-14-26(36)4)34-22-30-18-8-6-16-28(30)20-32(34)37/h1-5,7-13,15-21,23-25,27-30H,6,14,22,26H2;9-26H,5-8H2,1-4H3;5-22H,1-4H3. The minimum absolute atomic E-state index is 1.01. The molecule has 23 rings (SSSR count). The predicted octanol–water partition coefficient (Wildman–Crippen LogP) is 35.8. The topological polar surface area (TPSA) is 0 Å². The summed E-state index contributed by atoms with van der Waals surface area (Å²) in [5.41, 5.74) is 32.8. The van der Waals surface area contributed by atoms with E-state index in [0.29, 0.717) is 0 Å². The third kappa shape index (κ3) is 14.1. The van der Waals surface area contributed by atoms with Gasteiger partial charge in [0.25, 0.3) is 0 Å². The van der Waals surface area contributed by atoms with Crippen LogP contribution in [0.3, 0.4) is 0 Å². The third-order valence-electron chi connectivity index (χ3n) is 27.7. The molecule has 0 N–H and O–H groups in total. The molecule has 0 saturated carbocycles. The highest BCUT2D eigenvalue weighted by Gasteiger charge is 2.28. The van der Waals surface area contributed by atoms with Crippen LogP contribution in [0, 0.1) is 27.7 Å². The zero-order valence-electron chi connectivity index (χ0n) is 73.5. The monoisotopic (exact) mass is 1610 g/mol. The zero-order chi connectivity index (χ0) is 85.2. The van der Waals surface area contributed by atoms with Crippen molar-refractivity contribution in [3.05, 3.63) is 437 Å². The molecule has 0 aromatic heterocycles. The summed E-state index contributed by atoms with van der Waals surface area (Å²) in [4.78, 5) is 0. The Balaban J connectivity index is 0.000000116. The summed E-state index contributed by atoms with van der Waals surface area (Å²) in [6.07, 6.45) is 20.1. The Kier molecular flexibility index (Phi) is 20.9. The summed E-state index contributed by atoms with van der Waals surface area (Å²) in [7, 11) is 0. The summed E-state index contributed by atoms with van der Waals surface area (Å²) in [6, 6.07) is 129. The number of rotatable bonds is 12. The van der Waals surface area contributed by atoms with E-state index in [2.05, 4.69) is 432 Å². The number of fused-ring (bicyclic) bond motifs is 12. The summed E-state index contributed by atoms with van der Waals surface area (Å²) in [5, 5.41) is 31.4. The van der Waals surface area contributed by atoms with Gasteiger partial charge in [-0.3, -0.25) is 0 Å². The molecule has 0 heterocycles. The van der Waals surface area contributed by atoms with E-state index in [-0.39, 0.29) is 0 Å². The van der Waals surface area contributed by atoms with Crippen LogP contribution in [-0.4, -0.2) is 0 Å². The molecule has 0 bridgehead atoms. The molecule has 2 aliphatic carbocycles. The number of hydrogen-bond acceptors (Lipinski definition) is 0. The molecule has 0 saturated heterocycles. The van der Waals surface area contributed by atoms with E-state index in [4.69, 9.17) is 0 Å². The summed E-state index contributed by atoms with van der Waals surface area (Å²) in [5.74, 6) is 0. The Morgan fingerprint density at radius 3 is 0.698 bits per heavy atom. The van der Waals surface area contributed by atoms with Crippen molar-refractivity contribution in [1.82, 2.24) is 0 Å². The van der Waals surface area contributed by atoms with Gasteiger partial charge in [-0.25, -0.2) is 0 Å². The molecule has 21 aromatic carbocycles. The van der Waals surface area contributed by atoms with Crippen molar-refractivity contribution < 1.29 is 0 Å². The Hall–Kier alpha value is -14.3. The molecular formula is C126H102. The molecule has 0 unspecified atom stereocenters. The van der Waals surface area contributed by atoms with E-state index in [1.165, 1.54) is 263 Å². The first kappa shape index (κ1) is 78.9. The third-order valence-corrected chi connectivity index (χ3v) is 27.7. The van der Waals surface area contributed by atoms with Crippen molar-refractivity contribution >= 4 is 135 Å². The lowest BCUT2D eigenvalue weighted by atomic mass is 9.79. The van der Waals surface area contributed by atoms with Gasteiger partial charge in [0, 0.05) is 0 Å². The molecule has 0 atom stereocenters. The lowest BCUT2D eigenvalue weighted by molar-refractivity contribution is 0.906. The highest BCUT2D eigenvalue weighted by atomic mass is 14.3. The highest BCUT2D eigenvalue weighted by molar-refractivity contribution is 6.29. The normalized spacial score (nSPS) is 12.9. The predicted molar refractivity (Wildman–Crippen MR) is 550 cm³/mol. The van der Waals surface area contributed by atoms with Gasteiger partial charge in [0.2, 0.25) is 0 Å². The van der Waals surface area contributed by atoms with Gasteiger partial charge in [0.1, 0.15) is 0 Å². The number of hydrogen-bond donors (Lipinski definition) is 0. The van der Waals surface area contributed by atoms with Crippen LogP contribution in [0.4, 0.5) is 0 Å². The average Bonchev–Trinajstić information content (AvgIpc) is 0.710. The maximum Gasteiger partial charge on any atom is -0.00204 e. The first-order valence-corrected chi connectivity index (χ1v) is 45.7. The largest absolute Gasteiger partial charge is 0.0842 e. The molecule has 0 amide bonds. The van der Waals surface area contributed by atoms with Crippen molar-refractivity contribution in [1.29, 1.82) is 0 Å². The fourth-order valence-electron chi connectivity index (χ4n) is 21.5. The fraction of sp³-hybridized carbons (Fsp3) is 0.127. The van der Waals surface area contributed by atoms with Crippen LogP contribution in [-0.2, 0) is 25.7 Å². The molecule has 0 nitrogen and oxygen atoms in total. The Morgan fingerprint density at radius 1 is 0.183 bits per heavy atom. The minimum Gasteiger partial charge on any atom is -0.0842 e. The summed E-state index contributed by atoms with van der Waals surface area (Å²) in [6.45, 7) is 18.2. The molecule has 0 fully saturated rings. The van der Waals surface area contributed by atoms with Gasteiger partial charge in [-0.05, 0) is 415 Å². The first-order valence-electron chi connectivity index (χ1n) is 45.7. The van der Waals surface area contributed by atoms with Gasteiger partial charge in [-0.2, -0.15) is 0 Å². The van der Waals surface area contributed by atoms with E-state index >= 15 is 0 Å². The molecule has 0 spiro atoms. The van der Waals surface area contributed by atoms with Crippen LogP contribution in [0.25, 0.3) is 202 Å². The first-order chi connectivity index (χ1) is 62.0. The molecule has 21 aromatic rings.